The van der Waals surface area contributed by atoms with Crippen molar-refractivity contribution >= 4 is 5.97 Å². The Bertz CT molecular complexity index is 671. The van der Waals surface area contributed by atoms with E-state index in [0.717, 1.165) is 6.92 Å². The van der Waals surface area contributed by atoms with Gasteiger partial charge in [0.1, 0.15) is 5.60 Å². The molecule has 12 heteroatoms. The fourth-order valence-corrected chi connectivity index (χ4v) is 4.97. The van der Waals surface area contributed by atoms with Crippen LogP contribution >= 0.6 is 0 Å². The highest BCUT2D eigenvalue weighted by Crippen LogP contribution is 2.58. The lowest BCUT2D eigenvalue weighted by Crippen LogP contribution is -2.61. The highest BCUT2D eigenvalue weighted by molar-refractivity contribution is 5.77. The van der Waals surface area contributed by atoms with Crippen LogP contribution in [0.4, 0.5) is 39.5 Å². The summed E-state index contributed by atoms with van der Waals surface area (Å²) >= 11 is 0. The molecule has 3 aliphatic carbocycles. The highest BCUT2D eigenvalue weighted by atomic mass is 19.4. The monoisotopic (exact) mass is 472 g/mol. The Hall–Kier alpha value is -1.20. The maximum absolute atomic E-state index is 13.4. The number of ether oxygens (including phenoxy) is 1. The van der Waals surface area contributed by atoms with Crippen LogP contribution in [0.25, 0.3) is 0 Å². The average molecular weight is 472 g/mol. The van der Waals surface area contributed by atoms with E-state index in [1.54, 1.807) is 0 Å². The smallest absolute Gasteiger partial charge is 0.426 e. The molecule has 182 valence electrons. The average Bonchev–Trinajstić information content (AvgIpc) is 2.57. The van der Waals surface area contributed by atoms with Crippen molar-refractivity contribution in [1.82, 2.24) is 0 Å². The summed E-state index contributed by atoms with van der Waals surface area (Å²) in [6.45, 7) is 3.02. The van der Waals surface area contributed by atoms with Gasteiger partial charge in [0.15, 0.2) is 5.41 Å². The molecule has 0 radical (unpaired) electrons. The predicted molar refractivity (Wildman–Crippen MR) is 89.6 cm³/mol. The first-order valence-electron chi connectivity index (χ1n) is 9.88. The van der Waals surface area contributed by atoms with Crippen LogP contribution in [-0.4, -0.2) is 40.8 Å². The Morgan fingerprint density at radius 2 is 1.52 bits per heavy atom. The molecule has 31 heavy (non-hydrogen) atoms. The molecule has 0 spiro atoms. The van der Waals surface area contributed by atoms with Crippen LogP contribution in [0.15, 0.2) is 0 Å². The molecule has 0 aliphatic heterocycles. The summed E-state index contributed by atoms with van der Waals surface area (Å²) < 4.78 is 124. The number of hydrogen-bond donors (Lipinski definition) is 1. The molecule has 0 amide bonds. The van der Waals surface area contributed by atoms with Crippen molar-refractivity contribution in [3.05, 3.63) is 0 Å². The molecule has 5 unspecified atom stereocenters. The second-order valence-corrected chi connectivity index (χ2v) is 9.20. The van der Waals surface area contributed by atoms with Gasteiger partial charge in [-0.1, -0.05) is 6.92 Å². The fourth-order valence-electron chi connectivity index (χ4n) is 4.97. The van der Waals surface area contributed by atoms with E-state index in [0.29, 0.717) is 13.3 Å². The minimum atomic E-state index is -5.99. The van der Waals surface area contributed by atoms with E-state index in [1.807, 2.05) is 0 Å². The number of halogens is 9. The van der Waals surface area contributed by atoms with Crippen molar-refractivity contribution in [3.63, 3.8) is 0 Å². The van der Waals surface area contributed by atoms with E-state index in [1.165, 1.54) is 6.92 Å². The quantitative estimate of drug-likeness (QED) is 0.398. The van der Waals surface area contributed by atoms with Crippen molar-refractivity contribution in [3.8, 4) is 0 Å². The van der Waals surface area contributed by atoms with Crippen molar-refractivity contribution < 1.29 is 54.2 Å². The molecule has 0 heterocycles. The first-order valence-corrected chi connectivity index (χ1v) is 9.88. The van der Waals surface area contributed by atoms with Crippen LogP contribution in [0.2, 0.25) is 0 Å². The lowest BCUT2D eigenvalue weighted by Gasteiger charge is -2.55. The molecule has 0 aromatic rings. The third kappa shape index (κ3) is 4.37. The van der Waals surface area contributed by atoms with E-state index < -0.39 is 71.7 Å². The molecule has 3 aliphatic rings. The van der Waals surface area contributed by atoms with E-state index in [2.05, 4.69) is 0 Å². The van der Waals surface area contributed by atoms with Gasteiger partial charge in [-0.2, -0.15) is 39.5 Å². The highest BCUT2D eigenvalue weighted by Gasteiger charge is 2.71. The SMILES string of the molecule is CCC(C)(C(=O)OC1(C)CC2CCC1C(CC(O)(C(F)(F)F)C(F)(F)F)C2)C(F)(F)F. The zero-order chi connectivity index (χ0) is 24.3. The lowest BCUT2D eigenvalue weighted by molar-refractivity contribution is -0.375. The third-order valence-corrected chi connectivity index (χ3v) is 7.17. The number of alkyl halides is 9. The van der Waals surface area contributed by atoms with Gasteiger partial charge in [-0.15, -0.1) is 0 Å². The zero-order valence-corrected chi connectivity index (χ0v) is 17.1. The summed E-state index contributed by atoms with van der Waals surface area (Å²) in [6.07, 6.45) is -18.8. The number of carbonyl (C=O) groups is 1. The van der Waals surface area contributed by atoms with Gasteiger partial charge in [0.2, 0.25) is 0 Å². The molecule has 0 aromatic carbocycles. The maximum Gasteiger partial charge on any atom is 0.426 e. The second-order valence-electron chi connectivity index (χ2n) is 9.20. The maximum atomic E-state index is 13.4. The first kappa shape index (κ1) is 26.1. The summed E-state index contributed by atoms with van der Waals surface area (Å²) in [7, 11) is 0. The number of aliphatic hydroxyl groups is 1. The van der Waals surface area contributed by atoms with Gasteiger partial charge in [-0.05, 0) is 64.2 Å². The van der Waals surface area contributed by atoms with Crippen molar-refractivity contribution in [2.24, 2.45) is 23.2 Å². The normalized spacial score (nSPS) is 32.0. The summed E-state index contributed by atoms with van der Waals surface area (Å²) in [5, 5.41) is 9.58. The third-order valence-electron chi connectivity index (χ3n) is 7.17. The van der Waals surface area contributed by atoms with Crippen LogP contribution < -0.4 is 0 Å². The molecule has 5 atom stereocenters. The number of esters is 1. The number of carbonyl (C=O) groups excluding carboxylic acids is 1. The van der Waals surface area contributed by atoms with E-state index in [-0.39, 0.29) is 19.3 Å². The van der Waals surface area contributed by atoms with Gasteiger partial charge in [-0.25, -0.2) is 0 Å². The van der Waals surface area contributed by atoms with Crippen molar-refractivity contribution in [2.45, 2.75) is 89.0 Å². The second kappa shape index (κ2) is 7.69. The largest absolute Gasteiger partial charge is 0.458 e. The minimum absolute atomic E-state index is 0.0357. The van der Waals surface area contributed by atoms with Crippen LogP contribution in [0.1, 0.15) is 59.3 Å². The summed E-state index contributed by atoms with van der Waals surface area (Å²) in [6, 6.07) is 0. The molecule has 1 N–H and O–H groups in total. The molecular formula is C19H25F9O3. The Labute approximate surface area is 173 Å². The molecule has 3 rings (SSSR count). The minimum Gasteiger partial charge on any atom is -0.458 e. The van der Waals surface area contributed by atoms with Crippen molar-refractivity contribution in [2.75, 3.05) is 0 Å². The number of rotatable bonds is 5. The molecule has 3 nitrogen and oxygen atoms in total. The molecule has 0 saturated heterocycles. The van der Waals surface area contributed by atoms with Crippen LogP contribution in [0.5, 0.6) is 0 Å². The van der Waals surface area contributed by atoms with Gasteiger partial charge >= 0.3 is 24.5 Å². The molecule has 3 saturated carbocycles. The van der Waals surface area contributed by atoms with Gasteiger partial charge in [0.05, 0.1) is 0 Å². The standard InChI is InChI=1S/C19H25F9O3/c1-4-14(2,17(20,21)22)13(29)31-15(3)8-10-5-6-12(15)11(7-10)9-16(30,18(23,24)25)19(26,27)28/h10-12,30H,4-9H2,1-3H3. The molecule has 0 aromatic heterocycles. The van der Waals surface area contributed by atoms with E-state index in [4.69, 9.17) is 4.74 Å². The van der Waals surface area contributed by atoms with Gasteiger partial charge in [-0.3, -0.25) is 4.79 Å². The lowest BCUT2D eigenvalue weighted by atomic mass is 9.56. The van der Waals surface area contributed by atoms with E-state index >= 15 is 0 Å². The van der Waals surface area contributed by atoms with Crippen LogP contribution in [-0.2, 0) is 9.53 Å². The summed E-state index contributed by atoms with van der Waals surface area (Å²) in [5.41, 5.74) is -9.49. The Balaban J connectivity index is 2.34. The number of hydrogen-bond acceptors (Lipinski definition) is 3. The molecule has 3 fully saturated rings. The van der Waals surface area contributed by atoms with Crippen LogP contribution in [0, 0.1) is 23.2 Å². The fraction of sp³-hybridized carbons (Fsp3) is 0.947. The number of fused-ring (bicyclic) bond motifs is 3. The topological polar surface area (TPSA) is 46.5 Å². The Morgan fingerprint density at radius 1 is 1.00 bits per heavy atom. The zero-order valence-electron chi connectivity index (χ0n) is 17.1. The molecule has 2 bridgehead atoms. The Kier molecular flexibility index (Phi) is 6.46. The Morgan fingerprint density at radius 3 is 1.90 bits per heavy atom. The van der Waals surface area contributed by atoms with Gasteiger partial charge in [0, 0.05) is 5.92 Å². The first-order chi connectivity index (χ1) is 13.7. The predicted octanol–water partition coefficient (Wildman–Crippen LogP) is 5.95. The van der Waals surface area contributed by atoms with Gasteiger partial charge < -0.3 is 9.84 Å². The van der Waals surface area contributed by atoms with Gasteiger partial charge in [0.25, 0.3) is 5.60 Å². The molecular weight excluding hydrogens is 447 g/mol. The van der Waals surface area contributed by atoms with Crippen molar-refractivity contribution in [1.29, 1.82) is 0 Å². The van der Waals surface area contributed by atoms with E-state index in [9.17, 15) is 49.4 Å². The van der Waals surface area contributed by atoms with Crippen LogP contribution in [0.3, 0.4) is 0 Å². The summed E-state index contributed by atoms with van der Waals surface area (Å²) in [4.78, 5) is 12.5. The summed E-state index contributed by atoms with van der Waals surface area (Å²) in [5.74, 6) is -4.43.